The van der Waals surface area contributed by atoms with Crippen LogP contribution in [0.25, 0.3) is 0 Å². The van der Waals surface area contributed by atoms with Crippen LogP contribution in [0.1, 0.15) is 6.92 Å². The van der Waals surface area contributed by atoms with Crippen molar-refractivity contribution < 1.29 is 5.11 Å². The number of hydrazine groups is 2. The van der Waals surface area contributed by atoms with Crippen molar-refractivity contribution in [3.8, 4) is 0 Å². The minimum atomic E-state index is -0.375. The lowest BCUT2D eigenvalue weighted by molar-refractivity contribution is 0.0146. The van der Waals surface area contributed by atoms with Crippen LogP contribution in [0, 0.1) is 0 Å². The lowest BCUT2D eigenvalue weighted by Crippen LogP contribution is -2.47. The van der Waals surface area contributed by atoms with Gasteiger partial charge in [0.1, 0.15) is 0 Å². The Morgan fingerprint density at radius 2 is 2.18 bits per heavy atom. The minimum absolute atomic E-state index is 0. The molecule has 17 heavy (non-hydrogen) atoms. The van der Waals surface area contributed by atoms with E-state index in [0.717, 1.165) is 11.4 Å². The molecule has 0 aliphatic carbocycles. The number of nitrogens with zero attached hydrogens (tertiary/aromatic N) is 2. The van der Waals surface area contributed by atoms with Crippen molar-refractivity contribution >= 4 is 24.8 Å². The van der Waals surface area contributed by atoms with Gasteiger partial charge in [0, 0.05) is 12.7 Å². The molecule has 98 valence electrons. The van der Waals surface area contributed by atoms with Crippen LogP contribution < -0.4 is 11.2 Å². The van der Waals surface area contributed by atoms with Gasteiger partial charge in [-0.3, -0.25) is 5.01 Å². The summed E-state index contributed by atoms with van der Waals surface area (Å²) in [6.45, 7) is 2.89. The van der Waals surface area contributed by atoms with E-state index in [0.29, 0.717) is 13.1 Å². The predicted octanol–water partition coefficient (Wildman–Crippen LogP) is 0.502. The molecule has 1 unspecified atom stereocenters. The molecule has 0 aromatic carbocycles. The molecule has 0 saturated carbocycles. The first-order valence-corrected chi connectivity index (χ1v) is 5.00. The molecule has 0 spiro atoms. The average Bonchev–Trinajstić information content (AvgIpc) is 2.54. The number of nitrogens with two attached hydrogens (primary N) is 1. The Hall–Kier alpha value is -0.720. The molecule has 0 aromatic heterocycles. The van der Waals surface area contributed by atoms with E-state index < -0.39 is 0 Å². The number of fused-ring (bicyclic) bond motifs is 1. The summed E-state index contributed by atoms with van der Waals surface area (Å²) in [5, 5.41) is 13.0. The van der Waals surface area contributed by atoms with Gasteiger partial charge in [0.2, 0.25) is 0 Å². The van der Waals surface area contributed by atoms with Crippen molar-refractivity contribution in [2.24, 2.45) is 5.73 Å². The number of nitrogens with one attached hydrogen (secondary N) is 1. The third-order valence-electron chi connectivity index (χ3n) is 2.32. The number of hydrogen-bond donors (Lipinski definition) is 3. The van der Waals surface area contributed by atoms with Crippen LogP contribution in [0.4, 0.5) is 0 Å². The first-order valence-electron chi connectivity index (χ1n) is 5.00. The average molecular weight is 281 g/mol. The van der Waals surface area contributed by atoms with Gasteiger partial charge in [0.15, 0.2) is 0 Å². The molecule has 2 heterocycles. The first-order chi connectivity index (χ1) is 7.18. The highest BCUT2D eigenvalue weighted by Crippen LogP contribution is 2.22. The second-order valence-corrected chi connectivity index (χ2v) is 3.72. The minimum Gasteiger partial charge on any atom is -0.399 e. The van der Waals surface area contributed by atoms with E-state index in [1.807, 2.05) is 34.6 Å². The Balaban J connectivity index is 0.00000128. The van der Waals surface area contributed by atoms with E-state index in [4.69, 9.17) is 5.73 Å². The molecule has 0 fully saturated rings. The van der Waals surface area contributed by atoms with Crippen LogP contribution in [0.15, 0.2) is 35.8 Å². The molecule has 4 N–H and O–H groups in total. The Kier molecular flexibility index (Phi) is 6.59. The SMILES string of the molecule is CC(O)CNN1CC(N)=C2C=CC=CN21.Cl.Cl. The molecule has 0 saturated heterocycles. The van der Waals surface area contributed by atoms with Crippen LogP contribution in [0.5, 0.6) is 0 Å². The van der Waals surface area contributed by atoms with Crippen LogP contribution >= 0.6 is 24.8 Å². The molecule has 0 bridgehead atoms. The molecule has 2 aliphatic heterocycles. The van der Waals surface area contributed by atoms with Crippen molar-refractivity contribution in [3.63, 3.8) is 0 Å². The summed E-state index contributed by atoms with van der Waals surface area (Å²) in [5.41, 5.74) is 10.8. The smallest absolute Gasteiger partial charge is 0.0789 e. The summed E-state index contributed by atoms with van der Waals surface area (Å²) >= 11 is 0. The number of aliphatic hydroxyl groups is 1. The fraction of sp³-hybridized carbons (Fsp3) is 0.400. The summed E-state index contributed by atoms with van der Waals surface area (Å²) in [4.78, 5) is 0. The number of rotatable bonds is 3. The molecule has 0 radical (unpaired) electrons. The van der Waals surface area contributed by atoms with Gasteiger partial charge in [0.05, 0.1) is 24.0 Å². The van der Waals surface area contributed by atoms with Gasteiger partial charge in [-0.15, -0.1) is 29.9 Å². The largest absolute Gasteiger partial charge is 0.399 e. The fourth-order valence-electron chi connectivity index (χ4n) is 1.59. The highest BCUT2D eigenvalue weighted by atomic mass is 35.5. The molecule has 2 rings (SSSR count). The van der Waals surface area contributed by atoms with Gasteiger partial charge in [-0.2, -0.15) is 0 Å². The molecular weight excluding hydrogens is 263 g/mol. The van der Waals surface area contributed by atoms with Gasteiger partial charge < -0.3 is 10.8 Å². The molecule has 5 nitrogen and oxygen atoms in total. The standard InChI is InChI=1S/C10H16N4O.2ClH/c1-8(15)6-12-14-7-9(11)10-4-2-3-5-13(10)14;;/h2-5,8,12,15H,6-7,11H2,1H3;2*1H. The number of halogens is 2. The van der Waals surface area contributed by atoms with Crippen LogP contribution in [-0.4, -0.2) is 34.4 Å². The monoisotopic (exact) mass is 280 g/mol. The summed E-state index contributed by atoms with van der Waals surface area (Å²) in [6, 6.07) is 0. The van der Waals surface area contributed by atoms with Crippen LogP contribution in [0.2, 0.25) is 0 Å². The third-order valence-corrected chi connectivity index (χ3v) is 2.32. The zero-order valence-electron chi connectivity index (χ0n) is 9.54. The van der Waals surface area contributed by atoms with Crippen molar-refractivity contribution in [1.29, 1.82) is 0 Å². The number of hydrogen-bond acceptors (Lipinski definition) is 5. The summed E-state index contributed by atoms with van der Waals surface area (Å²) in [7, 11) is 0. The van der Waals surface area contributed by atoms with Crippen molar-refractivity contribution in [2.45, 2.75) is 13.0 Å². The summed E-state index contributed by atoms with van der Waals surface area (Å²) in [5.74, 6) is 0. The lowest BCUT2D eigenvalue weighted by Gasteiger charge is -2.29. The maximum Gasteiger partial charge on any atom is 0.0789 e. The topological polar surface area (TPSA) is 64.8 Å². The van der Waals surface area contributed by atoms with E-state index in [1.54, 1.807) is 6.92 Å². The van der Waals surface area contributed by atoms with Gasteiger partial charge in [0.25, 0.3) is 0 Å². The number of allylic oxidation sites excluding steroid dienone is 3. The molecule has 7 heteroatoms. The van der Waals surface area contributed by atoms with Crippen LogP contribution in [0.3, 0.4) is 0 Å². The van der Waals surface area contributed by atoms with E-state index in [1.165, 1.54) is 0 Å². The summed E-state index contributed by atoms with van der Waals surface area (Å²) < 4.78 is 0. The van der Waals surface area contributed by atoms with Gasteiger partial charge >= 0.3 is 0 Å². The third kappa shape index (κ3) is 3.62. The lowest BCUT2D eigenvalue weighted by atomic mass is 10.3. The van der Waals surface area contributed by atoms with Gasteiger partial charge in [-0.25, -0.2) is 5.43 Å². The Morgan fingerprint density at radius 3 is 2.82 bits per heavy atom. The molecule has 2 aliphatic rings. The molecule has 0 amide bonds. The molecule has 1 atom stereocenters. The second-order valence-electron chi connectivity index (χ2n) is 3.72. The maximum atomic E-state index is 9.19. The van der Waals surface area contributed by atoms with Gasteiger partial charge in [-0.05, 0) is 19.1 Å². The zero-order valence-corrected chi connectivity index (χ0v) is 11.2. The highest BCUT2D eigenvalue weighted by Gasteiger charge is 2.26. The summed E-state index contributed by atoms with van der Waals surface area (Å²) in [6.07, 6.45) is 7.43. The van der Waals surface area contributed by atoms with E-state index >= 15 is 0 Å². The van der Waals surface area contributed by atoms with E-state index in [2.05, 4.69) is 5.43 Å². The van der Waals surface area contributed by atoms with E-state index in [9.17, 15) is 5.11 Å². The normalized spacial score (nSPS) is 19.8. The van der Waals surface area contributed by atoms with Gasteiger partial charge in [-0.1, -0.05) is 6.08 Å². The maximum absolute atomic E-state index is 9.19. The Bertz CT molecular complexity index is 341. The second kappa shape index (κ2) is 6.88. The number of aliphatic hydroxyl groups excluding tert-OH is 1. The van der Waals surface area contributed by atoms with E-state index in [-0.39, 0.29) is 30.9 Å². The molecule has 0 aromatic rings. The first kappa shape index (κ1) is 16.3. The molecular formula is C10H18Cl2N4O. The Labute approximate surface area is 113 Å². The van der Waals surface area contributed by atoms with Crippen molar-refractivity contribution in [1.82, 2.24) is 15.6 Å². The van der Waals surface area contributed by atoms with Crippen molar-refractivity contribution in [3.05, 3.63) is 35.8 Å². The fourth-order valence-corrected chi connectivity index (χ4v) is 1.59. The predicted molar refractivity (Wildman–Crippen MR) is 72.2 cm³/mol. The van der Waals surface area contributed by atoms with Crippen molar-refractivity contribution in [2.75, 3.05) is 13.1 Å². The quantitative estimate of drug-likeness (QED) is 0.703. The van der Waals surface area contributed by atoms with Crippen LogP contribution in [-0.2, 0) is 0 Å². The zero-order chi connectivity index (χ0) is 10.8. The Morgan fingerprint density at radius 1 is 1.47 bits per heavy atom. The highest BCUT2D eigenvalue weighted by molar-refractivity contribution is 5.85.